The monoisotopic (exact) mass is 329 g/mol. The molecule has 0 bridgehead atoms. The van der Waals surface area contributed by atoms with Gasteiger partial charge >= 0.3 is 0 Å². The van der Waals surface area contributed by atoms with E-state index in [1.165, 1.54) is 17.0 Å². The first kappa shape index (κ1) is 16.7. The molecule has 1 aromatic carbocycles. The lowest BCUT2D eigenvalue weighted by atomic mass is 10.1. The third-order valence-electron chi connectivity index (χ3n) is 3.62. The average molecular weight is 329 g/mol. The number of nitrogens with zero attached hydrogens (tertiary/aromatic N) is 1. The van der Waals surface area contributed by atoms with Crippen molar-refractivity contribution in [2.75, 3.05) is 18.6 Å². The Morgan fingerprint density at radius 1 is 1.41 bits per heavy atom. The van der Waals surface area contributed by atoms with Gasteiger partial charge in [0.15, 0.2) is 21.4 Å². The molecular formula is C15H20FNO4S. The quantitative estimate of drug-likeness (QED) is 0.846. The molecule has 0 aliphatic carbocycles. The Morgan fingerprint density at radius 2 is 2.09 bits per heavy atom. The third kappa shape index (κ3) is 3.76. The van der Waals surface area contributed by atoms with Crippen LogP contribution in [0.5, 0.6) is 5.75 Å². The summed E-state index contributed by atoms with van der Waals surface area (Å²) < 4.78 is 42.2. The third-order valence-corrected chi connectivity index (χ3v) is 5.37. The van der Waals surface area contributed by atoms with E-state index in [9.17, 15) is 17.6 Å². The summed E-state index contributed by atoms with van der Waals surface area (Å²) in [5.41, 5.74) is 0.181. The van der Waals surface area contributed by atoms with Crippen LogP contribution in [0.2, 0.25) is 0 Å². The predicted octanol–water partition coefficient (Wildman–Crippen LogP) is 1.87. The molecule has 0 N–H and O–H groups in total. The number of hydrogen-bond donors (Lipinski definition) is 0. The number of sulfone groups is 1. The summed E-state index contributed by atoms with van der Waals surface area (Å²) in [5, 5.41) is 0. The number of amides is 1. The fourth-order valence-corrected chi connectivity index (χ4v) is 4.21. The van der Waals surface area contributed by atoms with E-state index < -0.39 is 21.6 Å². The maximum atomic E-state index is 13.9. The lowest BCUT2D eigenvalue weighted by Gasteiger charge is -2.23. The molecule has 0 saturated carbocycles. The van der Waals surface area contributed by atoms with Gasteiger partial charge in [0, 0.05) is 18.7 Å². The zero-order valence-corrected chi connectivity index (χ0v) is 13.7. The SMILES string of the molecule is CC(C)Oc1ccc(C(=O)N(C)C2CCS(=O)(=O)C2)cc1F. The molecule has 1 heterocycles. The van der Waals surface area contributed by atoms with Gasteiger partial charge in [-0.05, 0) is 38.5 Å². The molecule has 1 aliphatic rings. The van der Waals surface area contributed by atoms with E-state index in [4.69, 9.17) is 4.74 Å². The van der Waals surface area contributed by atoms with Crippen LogP contribution in [0.25, 0.3) is 0 Å². The van der Waals surface area contributed by atoms with Crippen LogP contribution in [0.15, 0.2) is 18.2 Å². The molecule has 1 unspecified atom stereocenters. The molecule has 2 rings (SSSR count). The Bertz CT molecular complexity index is 672. The summed E-state index contributed by atoms with van der Waals surface area (Å²) in [4.78, 5) is 13.7. The lowest BCUT2D eigenvalue weighted by molar-refractivity contribution is 0.0747. The minimum Gasteiger partial charge on any atom is -0.488 e. The van der Waals surface area contributed by atoms with Crippen molar-refractivity contribution in [1.29, 1.82) is 0 Å². The van der Waals surface area contributed by atoms with Gasteiger partial charge in [-0.15, -0.1) is 0 Å². The van der Waals surface area contributed by atoms with Crippen LogP contribution in [0.4, 0.5) is 4.39 Å². The highest BCUT2D eigenvalue weighted by atomic mass is 32.2. The summed E-state index contributed by atoms with van der Waals surface area (Å²) in [6.45, 7) is 3.57. The fourth-order valence-electron chi connectivity index (χ4n) is 2.43. The summed E-state index contributed by atoms with van der Waals surface area (Å²) in [5.74, 6) is -0.849. The Labute approximate surface area is 130 Å². The predicted molar refractivity (Wildman–Crippen MR) is 81.3 cm³/mol. The summed E-state index contributed by atoms with van der Waals surface area (Å²) >= 11 is 0. The average Bonchev–Trinajstić information content (AvgIpc) is 2.79. The second-order valence-corrected chi connectivity index (χ2v) is 8.01. The number of carbonyl (C=O) groups is 1. The van der Waals surface area contributed by atoms with Crippen molar-refractivity contribution in [3.8, 4) is 5.75 Å². The van der Waals surface area contributed by atoms with Crippen molar-refractivity contribution in [3.05, 3.63) is 29.6 Å². The molecule has 122 valence electrons. The zero-order chi connectivity index (χ0) is 16.5. The van der Waals surface area contributed by atoms with E-state index in [1.807, 2.05) is 0 Å². The van der Waals surface area contributed by atoms with Crippen LogP contribution in [-0.2, 0) is 9.84 Å². The highest BCUT2D eigenvalue weighted by Crippen LogP contribution is 2.22. The first-order valence-electron chi connectivity index (χ1n) is 7.13. The van der Waals surface area contributed by atoms with Gasteiger partial charge in [-0.1, -0.05) is 0 Å². The van der Waals surface area contributed by atoms with E-state index in [2.05, 4.69) is 0 Å². The molecular weight excluding hydrogens is 309 g/mol. The van der Waals surface area contributed by atoms with Crippen LogP contribution >= 0.6 is 0 Å². The van der Waals surface area contributed by atoms with Crippen molar-refractivity contribution in [3.63, 3.8) is 0 Å². The molecule has 22 heavy (non-hydrogen) atoms. The smallest absolute Gasteiger partial charge is 0.253 e. The van der Waals surface area contributed by atoms with Crippen LogP contribution in [0.3, 0.4) is 0 Å². The van der Waals surface area contributed by atoms with Crippen molar-refractivity contribution < 1.29 is 22.3 Å². The zero-order valence-electron chi connectivity index (χ0n) is 12.9. The van der Waals surface area contributed by atoms with Gasteiger partial charge in [0.1, 0.15) is 0 Å². The van der Waals surface area contributed by atoms with E-state index in [1.54, 1.807) is 20.9 Å². The van der Waals surface area contributed by atoms with Gasteiger partial charge in [0.25, 0.3) is 5.91 Å². The van der Waals surface area contributed by atoms with Crippen molar-refractivity contribution in [2.45, 2.75) is 32.4 Å². The molecule has 1 atom stereocenters. The summed E-state index contributed by atoms with van der Waals surface area (Å²) in [7, 11) is -1.53. The number of ether oxygens (including phenoxy) is 1. The maximum Gasteiger partial charge on any atom is 0.253 e. The van der Waals surface area contributed by atoms with Crippen LogP contribution in [0.1, 0.15) is 30.6 Å². The Morgan fingerprint density at radius 3 is 2.59 bits per heavy atom. The summed E-state index contributed by atoms with van der Waals surface area (Å²) in [6, 6.07) is 3.68. The summed E-state index contributed by atoms with van der Waals surface area (Å²) in [6.07, 6.45) is 0.254. The number of carbonyl (C=O) groups excluding carboxylic acids is 1. The first-order valence-corrected chi connectivity index (χ1v) is 8.95. The van der Waals surface area contributed by atoms with Gasteiger partial charge in [0.05, 0.1) is 17.6 Å². The fraction of sp³-hybridized carbons (Fsp3) is 0.533. The molecule has 7 heteroatoms. The van der Waals surface area contributed by atoms with E-state index in [0.29, 0.717) is 6.42 Å². The van der Waals surface area contributed by atoms with E-state index >= 15 is 0 Å². The van der Waals surface area contributed by atoms with E-state index in [0.717, 1.165) is 6.07 Å². The molecule has 1 saturated heterocycles. The molecule has 1 aliphatic heterocycles. The van der Waals surface area contributed by atoms with Gasteiger partial charge in [-0.25, -0.2) is 12.8 Å². The molecule has 0 radical (unpaired) electrons. The van der Waals surface area contributed by atoms with Crippen LogP contribution in [-0.4, -0.2) is 49.9 Å². The standard InChI is InChI=1S/C15H20FNO4S/c1-10(2)21-14-5-4-11(8-13(14)16)15(18)17(3)12-6-7-22(19,20)9-12/h4-5,8,10,12H,6-7,9H2,1-3H3. The van der Waals surface area contributed by atoms with Crippen molar-refractivity contribution in [2.24, 2.45) is 0 Å². The Kier molecular flexibility index (Phi) is 4.75. The molecule has 1 amide bonds. The molecule has 0 spiro atoms. The largest absolute Gasteiger partial charge is 0.488 e. The second kappa shape index (κ2) is 6.24. The van der Waals surface area contributed by atoms with Gasteiger partial charge in [0.2, 0.25) is 0 Å². The molecule has 0 aromatic heterocycles. The second-order valence-electron chi connectivity index (χ2n) is 5.78. The Balaban J connectivity index is 2.14. The lowest BCUT2D eigenvalue weighted by Crippen LogP contribution is -2.37. The van der Waals surface area contributed by atoms with Crippen molar-refractivity contribution >= 4 is 15.7 Å². The van der Waals surface area contributed by atoms with Crippen LogP contribution in [0, 0.1) is 5.82 Å². The minimum atomic E-state index is -3.07. The molecule has 1 aromatic rings. The first-order chi connectivity index (χ1) is 10.2. The highest BCUT2D eigenvalue weighted by Gasteiger charge is 2.33. The number of benzene rings is 1. The maximum absolute atomic E-state index is 13.9. The Hall–Kier alpha value is -1.63. The van der Waals surface area contributed by atoms with E-state index in [-0.39, 0.29) is 35.0 Å². The molecule has 5 nitrogen and oxygen atoms in total. The normalized spacial score (nSPS) is 20.1. The molecule has 1 fully saturated rings. The van der Waals surface area contributed by atoms with Gasteiger partial charge < -0.3 is 9.64 Å². The van der Waals surface area contributed by atoms with Crippen molar-refractivity contribution in [1.82, 2.24) is 4.90 Å². The number of rotatable bonds is 4. The topological polar surface area (TPSA) is 63.7 Å². The highest BCUT2D eigenvalue weighted by molar-refractivity contribution is 7.91. The van der Waals surface area contributed by atoms with Gasteiger partial charge in [-0.3, -0.25) is 4.79 Å². The van der Waals surface area contributed by atoms with Crippen LogP contribution < -0.4 is 4.74 Å². The number of halogens is 1. The minimum absolute atomic E-state index is 0.0355. The van der Waals surface area contributed by atoms with Gasteiger partial charge in [-0.2, -0.15) is 0 Å². The number of hydrogen-bond acceptors (Lipinski definition) is 4.